The molecule has 0 heterocycles. The van der Waals surface area contributed by atoms with Crippen LogP contribution in [0.15, 0.2) is 0 Å². The summed E-state index contributed by atoms with van der Waals surface area (Å²) in [5.41, 5.74) is 0. The van der Waals surface area contributed by atoms with Crippen LogP contribution in [-0.4, -0.2) is 18.6 Å². The van der Waals surface area contributed by atoms with Crippen molar-refractivity contribution in [2.45, 2.75) is 19.9 Å². The van der Waals surface area contributed by atoms with Gasteiger partial charge in [-0.1, -0.05) is 0 Å². The topological polar surface area (TPSA) is 30.7 Å². The molecule has 0 aliphatic carbocycles. The molecule has 9 heavy (non-hydrogen) atoms. The highest BCUT2D eigenvalue weighted by Crippen LogP contribution is 1.91. The maximum atomic E-state index is 10.5. The number of esters is 1. The largest absolute Gasteiger partial charge is 0.460 e. The van der Waals surface area contributed by atoms with Crippen LogP contribution in [0, 0.1) is 6.57 Å². The van der Waals surface area contributed by atoms with Crippen molar-refractivity contribution in [2.75, 3.05) is 6.61 Å². The Hall–Kier alpha value is -1.04. The Morgan fingerprint density at radius 1 is 1.89 bits per heavy atom. The van der Waals surface area contributed by atoms with Crippen molar-refractivity contribution in [3.05, 3.63) is 11.4 Å². The summed E-state index contributed by atoms with van der Waals surface area (Å²) >= 11 is 0. The van der Waals surface area contributed by atoms with Crippen LogP contribution in [0.25, 0.3) is 4.85 Å². The average Bonchev–Trinajstić information content (AvgIpc) is 1.87. The van der Waals surface area contributed by atoms with Gasteiger partial charge in [-0.2, -0.15) is 0 Å². The molecule has 0 N–H and O–H groups in total. The molecule has 50 valence electrons. The van der Waals surface area contributed by atoms with Crippen molar-refractivity contribution in [3.8, 4) is 0 Å². The summed E-state index contributed by atoms with van der Waals surface area (Å²) in [5, 5.41) is 0. The lowest BCUT2D eigenvalue weighted by Gasteiger charge is -1.97. The summed E-state index contributed by atoms with van der Waals surface area (Å²) in [6, 6.07) is -0.648. The van der Waals surface area contributed by atoms with Crippen LogP contribution in [0.3, 0.4) is 0 Å². The van der Waals surface area contributed by atoms with Crippen LogP contribution >= 0.6 is 0 Å². The van der Waals surface area contributed by atoms with Gasteiger partial charge in [-0.05, 0) is 6.92 Å². The molecule has 0 radical (unpaired) electrons. The molecule has 0 aromatic heterocycles. The van der Waals surface area contributed by atoms with Crippen molar-refractivity contribution in [1.29, 1.82) is 0 Å². The molecule has 0 amide bonds. The number of nitrogens with zero attached hydrogens (tertiary/aromatic N) is 1. The molecule has 0 rings (SSSR count). The third kappa shape index (κ3) is 2.70. The first kappa shape index (κ1) is 7.96. The van der Waals surface area contributed by atoms with E-state index < -0.39 is 12.0 Å². The first-order valence-corrected chi connectivity index (χ1v) is 2.75. The van der Waals surface area contributed by atoms with Gasteiger partial charge in [0, 0.05) is 6.92 Å². The summed E-state index contributed by atoms with van der Waals surface area (Å²) < 4.78 is 4.54. The van der Waals surface area contributed by atoms with Crippen LogP contribution in [-0.2, 0) is 9.53 Å². The third-order valence-electron chi connectivity index (χ3n) is 0.821. The van der Waals surface area contributed by atoms with Crippen LogP contribution in [0.2, 0.25) is 0 Å². The van der Waals surface area contributed by atoms with Crippen LogP contribution in [0.5, 0.6) is 0 Å². The fraction of sp³-hybridized carbons (Fsp3) is 0.667. The standard InChI is InChI=1S/C6H9NO2/c1-4-9-6(8)5(2)7-3/h5H,4H2,1-2H3/t5-/m0/s1. The smallest absolute Gasteiger partial charge is 0.389 e. The van der Waals surface area contributed by atoms with Crippen LogP contribution < -0.4 is 0 Å². The zero-order valence-electron chi connectivity index (χ0n) is 5.55. The van der Waals surface area contributed by atoms with E-state index in [0.717, 1.165) is 0 Å². The first-order valence-electron chi connectivity index (χ1n) is 2.75. The second-order valence-electron chi connectivity index (χ2n) is 1.56. The Kier molecular flexibility index (Phi) is 3.45. The second-order valence-corrected chi connectivity index (χ2v) is 1.56. The molecule has 0 aromatic carbocycles. The molecule has 0 aromatic rings. The fourth-order valence-electron chi connectivity index (χ4n) is 0.316. The predicted molar refractivity (Wildman–Crippen MR) is 32.7 cm³/mol. The third-order valence-corrected chi connectivity index (χ3v) is 0.821. The number of hydrogen-bond donors (Lipinski definition) is 0. The number of carbonyl (C=O) groups is 1. The van der Waals surface area contributed by atoms with E-state index in [1.807, 2.05) is 0 Å². The Morgan fingerprint density at radius 3 is 2.78 bits per heavy atom. The minimum absolute atomic E-state index is 0.346. The molecule has 0 saturated carbocycles. The summed E-state index contributed by atoms with van der Waals surface area (Å²) in [5.74, 6) is -0.437. The Bertz CT molecular complexity index is 136. The average molecular weight is 127 g/mol. The quantitative estimate of drug-likeness (QED) is 0.407. The molecule has 1 atom stereocenters. The SMILES string of the molecule is [C-]#[N+][C@@H](C)C(=O)OCC. The van der Waals surface area contributed by atoms with E-state index >= 15 is 0 Å². The molecule has 0 fully saturated rings. The number of hydrogen-bond acceptors (Lipinski definition) is 2. The van der Waals surface area contributed by atoms with Gasteiger partial charge in [-0.25, -0.2) is 11.4 Å². The van der Waals surface area contributed by atoms with E-state index in [1.165, 1.54) is 6.92 Å². The van der Waals surface area contributed by atoms with E-state index in [-0.39, 0.29) is 0 Å². The van der Waals surface area contributed by atoms with E-state index in [0.29, 0.717) is 6.61 Å². The minimum atomic E-state index is -0.648. The Balaban J connectivity index is 3.63. The van der Waals surface area contributed by atoms with Gasteiger partial charge >= 0.3 is 12.0 Å². The lowest BCUT2D eigenvalue weighted by Crippen LogP contribution is -2.15. The van der Waals surface area contributed by atoms with Crippen LogP contribution in [0.4, 0.5) is 0 Å². The van der Waals surface area contributed by atoms with Crippen molar-refractivity contribution < 1.29 is 9.53 Å². The molecule has 0 unspecified atom stereocenters. The number of carbonyl (C=O) groups excluding carboxylic acids is 1. The normalized spacial score (nSPS) is 11.7. The maximum absolute atomic E-state index is 10.5. The molecule has 0 aliphatic rings. The summed E-state index contributed by atoms with van der Waals surface area (Å²) in [4.78, 5) is 13.5. The zero-order valence-corrected chi connectivity index (χ0v) is 5.55. The predicted octanol–water partition coefficient (Wildman–Crippen LogP) is 0.857. The lowest BCUT2D eigenvalue weighted by molar-refractivity contribution is -0.143. The fourth-order valence-corrected chi connectivity index (χ4v) is 0.316. The summed E-state index contributed by atoms with van der Waals surface area (Å²) in [7, 11) is 0. The Labute approximate surface area is 54.4 Å². The lowest BCUT2D eigenvalue weighted by atomic mass is 10.4. The highest BCUT2D eigenvalue weighted by molar-refractivity contribution is 5.76. The number of ether oxygens (including phenoxy) is 1. The van der Waals surface area contributed by atoms with E-state index in [9.17, 15) is 4.79 Å². The monoisotopic (exact) mass is 127 g/mol. The molecular formula is C6H9NO2. The second kappa shape index (κ2) is 3.90. The van der Waals surface area contributed by atoms with Crippen molar-refractivity contribution in [3.63, 3.8) is 0 Å². The van der Waals surface area contributed by atoms with Gasteiger partial charge < -0.3 is 9.58 Å². The highest BCUT2D eigenvalue weighted by Gasteiger charge is 2.16. The Morgan fingerprint density at radius 2 is 2.44 bits per heavy atom. The molecule has 0 saturated heterocycles. The molecule has 3 nitrogen and oxygen atoms in total. The van der Waals surface area contributed by atoms with Gasteiger partial charge in [-0.15, -0.1) is 0 Å². The van der Waals surface area contributed by atoms with Gasteiger partial charge in [0.15, 0.2) is 0 Å². The minimum Gasteiger partial charge on any atom is -0.460 e. The van der Waals surface area contributed by atoms with Crippen LogP contribution in [0.1, 0.15) is 13.8 Å². The van der Waals surface area contributed by atoms with Gasteiger partial charge in [0.05, 0.1) is 6.61 Å². The zero-order chi connectivity index (χ0) is 7.28. The van der Waals surface area contributed by atoms with Gasteiger partial charge in [0.25, 0.3) is 0 Å². The highest BCUT2D eigenvalue weighted by atomic mass is 16.5. The molecule has 0 aliphatic heterocycles. The molecular weight excluding hydrogens is 118 g/mol. The van der Waals surface area contributed by atoms with E-state index in [4.69, 9.17) is 6.57 Å². The van der Waals surface area contributed by atoms with E-state index in [1.54, 1.807) is 6.92 Å². The van der Waals surface area contributed by atoms with Gasteiger partial charge in [-0.3, -0.25) is 0 Å². The summed E-state index contributed by atoms with van der Waals surface area (Å²) in [6.07, 6.45) is 0. The number of rotatable bonds is 2. The van der Waals surface area contributed by atoms with Crippen molar-refractivity contribution in [2.24, 2.45) is 0 Å². The van der Waals surface area contributed by atoms with Gasteiger partial charge in [0.2, 0.25) is 0 Å². The molecule has 3 heteroatoms. The molecule has 0 bridgehead atoms. The van der Waals surface area contributed by atoms with E-state index in [2.05, 4.69) is 9.58 Å². The van der Waals surface area contributed by atoms with Gasteiger partial charge in [0.1, 0.15) is 0 Å². The molecule has 0 spiro atoms. The maximum Gasteiger partial charge on any atom is 0.389 e. The first-order chi connectivity index (χ1) is 4.22. The van der Waals surface area contributed by atoms with Crippen molar-refractivity contribution >= 4 is 5.97 Å². The summed E-state index contributed by atoms with van der Waals surface area (Å²) in [6.45, 7) is 10.0. The van der Waals surface area contributed by atoms with Crippen molar-refractivity contribution in [1.82, 2.24) is 0 Å².